The molecule has 0 saturated carbocycles. The Morgan fingerprint density at radius 3 is 2.89 bits per heavy atom. The summed E-state index contributed by atoms with van der Waals surface area (Å²) < 4.78 is 6.70. The van der Waals surface area contributed by atoms with Crippen molar-refractivity contribution < 1.29 is 4.74 Å². The van der Waals surface area contributed by atoms with E-state index < -0.39 is 0 Å². The molecule has 0 aliphatic carbocycles. The molecule has 2 heterocycles. The fraction of sp³-hybridized carbons (Fsp3) is 0.455. The van der Waals surface area contributed by atoms with Crippen molar-refractivity contribution >= 4 is 11.9 Å². The first-order valence-electron chi connectivity index (χ1n) is 5.90. The predicted molar refractivity (Wildman–Crippen MR) is 71.1 cm³/mol. The lowest BCUT2D eigenvalue weighted by atomic mass is 10.4. The molecule has 0 aliphatic rings. The van der Waals surface area contributed by atoms with Crippen LogP contribution in [0, 0.1) is 0 Å². The van der Waals surface area contributed by atoms with Crippen LogP contribution in [0.5, 0.6) is 0 Å². The third kappa shape index (κ3) is 3.38. The summed E-state index contributed by atoms with van der Waals surface area (Å²) >= 11 is 0. The van der Waals surface area contributed by atoms with E-state index in [1.54, 1.807) is 30.4 Å². The second kappa shape index (κ2) is 6.10. The maximum Gasteiger partial charge on any atom is 0.241 e. The van der Waals surface area contributed by atoms with Crippen LogP contribution in [-0.4, -0.2) is 51.8 Å². The molecule has 0 spiro atoms. The Labute approximate surface area is 111 Å². The van der Waals surface area contributed by atoms with E-state index in [1.807, 2.05) is 11.9 Å². The molecule has 2 aromatic rings. The zero-order valence-corrected chi connectivity index (χ0v) is 11.0. The number of nitrogens with zero attached hydrogens (tertiary/aromatic N) is 6. The van der Waals surface area contributed by atoms with Crippen molar-refractivity contribution in [2.45, 2.75) is 6.42 Å². The van der Waals surface area contributed by atoms with Gasteiger partial charge in [-0.25, -0.2) is 4.98 Å². The van der Waals surface area contributed by atoms with Crippen LogP contribution in [0.3, 0.4) is 0 Å². The molecule has 0 radical (unpaired) electrons. The molecule has 2 aromatic heterocycles. The van der Waals surface area contributed by atoms with E-state index in [9.17, 15) is 0 Å². The highest BCUT2D eigenvalue weighted by atomic mass is 16.5. The highest BCUT2D eigenvalue weighted by molar-refractivity contribution is 5.37. The summed E-state index contributed by atoms with van der Waals surface area (Å²) in [5, 5.41) is 0. The Balaban J connectivity index is 2.17. The van der Waals surface area contributed by atoms with E-state index in [0.29, 0.717) is 18.5 Å². The van der Waals surface area contributed by atoms with Crippen LogP contribution in [0.25, 0.3) is 5.95 Å². The molecule has 2 rings (SSSR count). The molecular weight excluding hydrogens is 246 g/mol. The van der Waals surface area contributed by atoms with Gasteiger partial charge in [0.1, 0.15) is 6.33 Å². The first-order chi connectivity index (χ1) is 9.20. The molecule has 0 aliphatic heterocycles. The number of imidazole rings is 1. The van der Waals surface area contributed by atoms with Gasteiger partial charge in [-0.05, 0) is 6.42 Å². The maximum absolute atomic E-state index is 5.71. The Morgan fingerprint density at radius 1 is 1.37 bits per heavy atom. The first kappa shape index (κ1) is 13.2. The van der Waals surface area contributed by atoms with Gasteiger partial charge >= 0.3 is 0 Å². The molecule has 2 N–H and O–H groups in total. The summed E-state index contributed by atoms with van der Waals surface area (Å²) in [5.41, 5.74) is 5.71. The van der Waals surface area contributed by atoms with Crippen molar-refractivity contribution in [3.63, 3.8) is 0 Å². The molecule has 0 atom stereocenters. The van der Waals surface area contributed by atoms with Crippen LogP contribution in [0.15, 0.2) is 18.7 Å². The second-order valence-corrected chi connectivity index (χ2v) is 4.03. The van der Waals surface area contributed by atoms with Gasteiger partial charge in [0.15, 0.2) is 0 Å². The first-order valence-corrected chi connectivity index (χ1v) is 5.90. The van der Waals surface area contributed by atoms with E-state index in [1.165, 1.54) is 0 Å². The average Bonchev–Trinajstić information content (AvgIpc) is 2.92. The zero-order valence-electron chi connectivity index (χ0n) is 11.0. The minimum atomic E-state index is 0.187. The minimum Gasteiger partial charge on any atom is -0.385 e. The van der Waals surface area contributed by atoms with Gasteiger partial charge in [-0.15, -0.1) is 0 Å². The number of hydrogen-bond donors (Lipinski definition) is 1. The van der Waals surface area contributed by atoms with Crippen LogP contribution in [0.4, 0.5) is 11.9 Å². The zero-order chi connectivity index (χ0) is 13.7. The molecule has 0 amide bonds. The SMILES string of the molecule is COCCCN(C)c1nc(N)nc(-n2ccnc2)n1. The maximum atomic E-state index is 5.71. The van der Waals surface area contributed by atoms with Crippen molar-refractivity contribution in [1.29, 1.82) is 0 Å². The third-order valence-corrected chi connectivity index (χ3v) is 2.55. The number of methoxy groups -OCH3 is 1. The fourth-order valence-electron chi connectivity index (χ4n) is 1.58. The van der Waals surface area contributed by atoms with Crippen molar-refractivity contribution in [2.75, 3.05) is 37.9 Å². The summed E-state index contributed by atoms with van der Waals surface area (Å²) in [4.78, 5) is 18.4. The van der Waals surface area contributed by atoms with Crippen LogP contribution >= 0.6 is 0 Å². The van der Waals surface area contributed by atoms with E-state index in [-0.39, 0.29) is 5.95 Å². The Morgan fingerprint density at radius 2 is 2.21 bits per heavy atom. The van der Waals surface area contributed by atoms with Gasteiger partial charge in [0.2, 0.25) is 17.8 Å². The van der Waals surface area contributed by atoms with Crippen molar-refractivity contribution in [1.82, 2.24) is 24.5 Å². The van der Waals surface area contributed by atoms with Crippen LogP contribution < -0.4 is 10.6 Å². The van der Waals surface area contributed by atoms with E-state index in [4.69, 9.17) is 10.5 Å². The lowest BCUT2D eigenvalue weighted by Gasteiger charge is -2.17. The van der Waals surface area contributed by atoms with Gasteiger partial charge in [0.25, 0.3) is 0 Å². The summed E-state index contributed by atoms with van der Waals surface area (Å²) in [5.74, 6) is 1.18. The molecule has 0 unspecified atom stereocenters. The van der Waals surface area contributed by atoms with Gasteiger partial charge in [-0.1, -0.05) is 0 Å². The summed E-state index contributed by atoms with van der Waals surface area (Å²) in [6.45, 7) is 1.47. The lowest BCUT2D eigenvalue weighted by Crippen LogP contribution is -2.23. The van der Waals surface area contributed by atoms with Gasteiger partial charge in [-0.3, -0.25) is 4.57 Å². The number of nitrogens with two attached hydrogens (primary N) is 1. The predicted octanol–water partition coefficient (Wildman–Crippen LogP) is 0.112. The number of ether oxygens (including phenoxy) is 1. The Bertz CT molecular complexity index is 514. The molecule has 0 aromatic carbocycles. The van der Waals surface area contributed by atoms with Crippen LogP contribution in [0.2, 0.25) is 0 Å². The normalized spacial score (nSPS) is 10.6. The minimum absolute atomic E-state index is 0.187. The molecule has 102 valence electrons. The number of rotatable bonds is 6. The number of hydrogen-bond acceptors (Lipinski definition) is 7. The largest absolute Gasteiger partial charge is 0.385 e. The fourth-order valence-corrected chi connectivity index (χ4v) is 1.58. The molecule has 8 heteroatoms. The van der Waals surface area contributed by atoms with Gasteiger partial charge in [-0.2, -0.15) is 15.0 Å². The van der Waals surface area contributed by atoms with E-state index >= 15 is 0 Å². The highest BCUT2D eigenvalue weighted by Crippen LogP contribution is 2.10. The monoisotopic (exact) mass is 263 g/mol. The molecule has 0 saturated heterocycles. The van der Waals surface area contributed by atoms with Gasteiger partial charge in [0, 0.05) is 39.7 Å². The smallest absolute Gasteiger partial charge is 0.241 e. The van der Waals surface area contributed by atoms with Crippen molar-refractivity contribution in [3.05, 3.63) is 18.7 Å². The summed E-state index contributed by atoms with van der Waals surface area (Å²) in [7, 11) is 3.58. The molecule has 19 heavy (non-hydrogen) atoms. The highest BCUT2D eigenvalue weighted by Gasteiger charge is 2.09. The standard InChI is InChI=1S/C11H17N7O/c1-17(5-3-7-19-2)10-14-9(12)15-11(16-10)18-6-4-13-8-18/h4,6,8H,3,5,7H2,1-2H3,(H2,12,14,15,16). The number of nitrogen functional groups attached to an aromatic ring is 1. The van der Waals surface area contributed by atoms with E-state index in [0.717, 1.165) is 13.0 Å². The topological polar surface area (TPSA) is 95.0 Å². The lowest BCUT2D eigenvalue weighted by molar-refractivity contribution is 0.196. The van der Waals surface area contributed by atoms with Crippen LogP contribution in [-0.2, 0) is 4.74 Å². The van der Waals surface area contributed by atoms with Crippen LogP contribution in [0.1, 0.15) is 6.42 Å². The molecule has 0 fully saturated rings. The Kier molecular flexibility index (Phi) is 4.24. The van der Waals surface area contributed by atoms with Crippen molar-refractivity contribution in [2.24, 2.45) is 0 Å². The quantitative estimate of drug-likeness (QED) is 0.739. The van der Waals surface area contributed by atoms with Crippen molar-refractivity contribution in [3.8, 4) is 5.95 Å². The van der Waals surface area contributed by atoms with Gasteiger partial charge in [0.05, 0.1) is 0 Å². The number of anilines is 2. The van der Waals surface area contributed by atoms with E-state index in [2.05, 4.69) is 19.9 Å². The molecule has 8 nitrogen and oxygen atoms in total. The average molecular weight is 263 g/mol. The second-order valence-electron chi connectivity index (χ2n) is 4.03. The summed E-state index contributed by atoms with van der Waals surface area (Å²) in [6, 6.07) is 0. The number of aromatic nitrogens is 5. The van der Waals surface area contributed by atoms with Gasteiger partial charge < -0.3 is 15.4 Å². The summed E-state index contributed by atoms with van der Waals surface area (Å²) in [6.07, 6.45) is 5.91. The molecular formula is C11H17N7O. The third-order valence-electron chi connectivity index (χ3n) is 2.55. The molecule has 0 bridgehead atoms. The Hall–Kier alpha value is -2.22.